The molecule has 1 heterocycles. The van der Waals surface area contributed by atoms with Crippen LogP contribution < -0.4 is 4.90 Å². The van der Waals surface area contributed by atoms with E-state index in [-0.39, 0.29) is 25.7 Å². The number of hydrogen-bond acceptors (Lipinski definition) is 9. The molecule has 1 fully saturated rings. The molecule has 8 nitrogen and oxygen atoms in total. The van der Waals surface area contributed by atoms with Crippen LogP contribution in [0, 0.1) is 0 Å². The van der Waals surface area contributed by atoms with Gasteiger partial charge in [0.1, 0.15) is 20.6 Å². The summed E-state index contributed by atoms with van der Waals surface area (Å²) in [5.74, 6) is -0.352. The van der Waals surface area contributed by atoms with Crippen LogP contribution in [0.1, 0.15) is 31.1 Å². The highest BCUT2D eigenvalue weighted by Crippen LogP contribution is 2.61. The Morgan fingerprint density at radius 1 is 1.25 bits per heavy atom. The Balaban J connectivity index is 2.04. The molecule has 1 aromatic rings. The van der Waals surface area contributed by atoms with Crippen LogP contribution in [-0.2, 0) is 33.0 Å². The average molecular weight is 468 g/mol. The Bertz CT molecular complexity index is 723. The van der Waals surface area contributed by atoms with Gasteiger partial charge in [0.2, 0.25) is 0 Å². The van der Waals surface area contributed by atoms with Gasteiger partial charge in [-0.05, 0) is 45.0 Å². The molecule has 28 heavy (non-hydrogen) atoms. The second-order valence-corrected chi connectivity index (χ2v) is 13.7. The van der Waals surface area contributed by atoms with Crippen molar-refractivity contribution in [3.05, 3.63) is 29.8 Å². The Morgan fingerprint density at radius 2 is 1.86 bits per heavy atom. The predicted molar refractivity (Wildman–Crippen MR) is 113 cm³/mol. The van der Waals surface area contributed by atoms with Crippen LogP contribution in [-0.4, -0.2) is 46.7 Å². The van der Waals surface area contributed by atoms with Gasteiger partial charge in [-0.25, -0.2) is 9.36 Å². The molecule has 1 saturated heterocycles. The number of carbonyl (C=O) groups is 2. The lowest BCUT2D eigenvalue weighted by atomic mass is 10.2. The maximum atomic E-state index is 12.7. The zero-order valence-electron chi connectivity index (χ0n) is 15.7. The number of carbonyl (C=O) groups excluding carboxylic acids is 2. The third-order valence-electron chi connectivity index (χ3n) is 3.44. The van der Waals surface area contributed by atoms with E-state index in [1.165, 1.54) is 16.7 Å². The molecule has 0 aromatic heterocycles. The summed E-state index contributed by atoms with van der Waals surface area (Å²) in [6.45, 7) is 1.65. The SMILES string of the molecule is CCOC(=O)c1ccc(N2CSC(S[S+]([O-])P(=O)(OCC)OCC)C2=O)cc1. The molecule has 1 aromatic carbocycles. The molecule has 2 atom stereocenters. The van der Waals surface area contributed by atoms with Crippen LogP contribution in [0.15, 0.2) is 24.3 Å². The standard InChI is InChI=1S/C16H22NO7PS3/c1-4-22-15(19)12-7-9-13(10-8-12)17-11-26-16(14(17)18)27-28(21)25(20,23-5-2)24-6-3/h7-10,16H,4-6,11H2,1-3H3. The van der Waals surface area contributed by atoms with E-state index >= 15 is 0 Å². The Kier molecular flexibility index (Phi) is 9.20. The van der Waals surface area contributed by atoms with E-state index in [1.807, 2.05) is 0 Å². The number of thioether (sulfide) groups is 1. The minimum atomic E-state index is -3.81. The number of ether oxygens (including phenoxy) is 1. The Hall–Kier alpha value is -0.680. The second kappa shape index (κ2) is 10.9. The van der Waals surface area contributed by atoms with Crippen molar-refractivity contribution < 1.29 is 32.5 Å². The van der Waals surface area contributed by atoms with E-state index in [0.29, 0.717) is 17.1 Å². The van der Waals surface area contributed by atoms with E-state index in [0.717, 1.165) is 10.8 Å². The van der Waals surface area contributed by atoms with Crippen molar-refractivity contribution >= 4 is 56.7 Å². The topological polar surface area (TPSA) is 105 Å². The fourth-order valence-electron chi connectivity index (χ4n) is 2.23. The Labute approximate surface area is 174 Å². The molecule has 1 aliphatic rings. The van der Waals surface area contributed by atoms with Crippen molar-refractivity contribution in [2.75, 3.05) is 30.6 Å². The van der Waals surface area contributed by atoms with Gasteiger partial charge in [-0.2, -0.15) is 0 Å². The first-order chi connectivity index (χ1) is 13.4. The van der Waals surface area contributed by atoms with Gasteiger partial charge >= 0.3 is 12.8 Å². The zero-order chi connectivity index (χ0) is 20.7. The lowest BCUT2D eigenvalue weighted by Crippen LogP contribution is -2.28. The third kappa shape index (κ3) is 5.69. The van der Waals surface area contributed by atoms with Crippen molar-refractivity contribution in [3.8, 4) is 0 Å². The van der Waals surface area contributed by atoms with Gasteiger partial charge in [0.15, 0.2) is 4.58 Å². The van der Waals surface area contributed by atoms with E-state index < -0.39 is 27.2 Å². The number of anilines is 1. The van der Waals surface area contributed by atoms with Gasteiger partial charge in [-0.1, -0.05) is 0 Å². The molecule has 156 valence electrons. The molecule has 0 saturated carbocycles. The molecular weight excluding hydrogens is 445 g/mol. The summed E-state index contributed by atoms with van der Waals surface area (Å²) in [5, 5.41) is 0. The van der Waals surface area contributed by atoms with Gasteiger partial charge in [0, 0.05) is 5.69 Å². The van der Waals surface area contributed by atoms with E-state index in [9.17, 15) is 18.7 Å². The largest absolute Gasteiger partial charge is 0.598 e. The number of esters is 1. The highest BCUT2D eigenvalue weighted by molar-refractivity contribution is 8.94. The summed E-state index contributed by atoms with van der Waals surface area (Å²) >= 11 is 1.28. The van der Waals surface area contributed by atoms with Crippen molar-refractivity contribution in [2.24, 2.45) is 0 Å². The monoisotopic (exact) mass is 467 g/mol. The fraction of sp³-hybridized carbons (Fsp3) is 0.500. The van der Waals surface area contributed by atoms with Gasteiger partial charge in [0.05, 0.1) is 31.3 Å². The average Bonchev–Trinajstić information content (AvgIpc) is 3.03. The first kappa shape index (κ1) is 23.6. The van der Waals surface area contributed by atoms with Crippen LogP contribution >= 0.6 is 29.4 Å². The van der Waals surface area contributed by atoms with Crippen LogP contribution in [0.25, 0.3) is 0 Å². The van der Waals surface area contributed by atoms with Crippen LogP contribution in [0.2, 0.25) is 0 Å². The lowest BCUT2D eigenvalue weighted by molar-refractivity contribution is -0.116. The lowest BCUT2D eigenvalue weighted by Gasteiger charge is -2.19. The number of hydrogen-bond donors (Lipinski definition) is 0. The molecule has 12 heteroatoms. The third-order valence-corrected chi connectivity index (χ3v) is 12.7. The van der Waals surface area contributed by atoms with Crippen LogP contribution in [0.5, 0.6) is 0 Å². The minimum Gasteiger partial charge on any atom is -0.598 e. The number of amides is 1. The molecule has 0 spiro atoms. The van der Waals surface area contributed by atoms with Crippen molar-refractivity contribution in [1.82, 2.24) is 0 Å². The molecule has 2 unspecified atom stereocenters. The van der Waals surface area contributed by atoms with E-state index in [1.54, 1.807) is 45.0 Å². The highest BCUT2D eigenvalue weighted by atomic mass is 33.4. The predicted octanol–water partition coefficient (Wildman–Crippen LogP) is 3.80. The van der Waals surface area contributed by atoms with Crippen molar-refractivity contribution in [1.29, 1.82) is 0 Å². The fourth-order valence-corrected chi connectivity index (χ4v) is 11.1. The van der Waals surface area contributed by atoms with Crippen molar-refractivity contribution in [3.63, 3.8) is 0 Å². The van der Waals surface area contributed by atoms with Crippen LogP contribution in [0.3, 0.4) is 0 Å². The van der Waals surface area contributed by atoms with Gasteiger partial charge in [-0.15, -0.1) is 11.8 Å². The first-order valence-corrected chi connectivity index (χ1v) is 14.3. The van der Waals surface area contributed by atoms with Gasteiger partial charge in [-0.3, -0.25) is 13.8 Å². The minimum absolute atomic E-state index is 0.0915. The maximum Gasteiger partial charge on any atom is 0.551 e. The smallest absolute Gasteiger partial charge is 0.551 e. The summed E-state index contributed by atoms with van der Waals surface area (Å²) in [7, 11) is -1.25. The number of nitrogens with zero attached hydrogens (tertiary/aromatic N) is 1. The summed E-state index contributed by atoms with van der Waals surface area (Å²) in [5.41, 5.74) is 1.00. The summed E-state index contributed by atoms with van der Waals surface area (Å²) in [6.07, 6.45) is 0. The molecule has 1 amide bonds. The summed E-state index contributed by atoms with van der Waals surface area (Å²) < 4.78 is 39.5. The molecule has 0 radical (unpaired) electrons. The molecule has 0 aliphatic carbocycles. The first-order valence-electron chi connectivity index (χ1n) is 8.55. The molecule has 0 N–H and O–H groups in total. The molecule has 2 rings (SSSR count). The quantitative estimate of drug-likeness (QED) is 0.220. The summed E-state index contributed by atoms with van der Waals surface area (Å²) in [6, 6.07) is 6.48. The second-order valence-electron chi connectivity index (χ2n) is 5.26. The van der Waals surface area contributed by atoms with E-state index in [2.05, 4.69) is 0 Å². The molecule has 0 bridgehead atoms. The van der Waals surface area contributed by atoms with Crippen molar-refractivity contribution in [2.45, 2.75) is 25.4 Å². The normalized spacial score (nSPS) is 18.4. The highest BCUT2D eigenvalue weighted by Gasteiger charge is 2.47. The molecular formula is C16H22NO7PS3. The van der Waals surface area contributed by atoms with Crippen LogP contribution in [0.4, 0.5) is 5.69 Å². The van der Waals surface area contributed by atoms with E-state index in [4.69, 9.17) is 13.8 Å². The number of benzene rings is 1. The molecule has 1 aliphatic heterocycles. The summed E-state index contributed by atoms with van der Waals surface area (Å²) in [4.78, 5) is 25.9. The van der Waals surface area contributed by atoms with Gasteiger partial charge < -0.3 is 14.2 Å². The number of rotatable bonds is 10. The Morgan fingerprint density at radius 3 is 2.39 bits per heavy atom. The zero-order valence-corrected chi connectivity index (χ0v) is 19.0. The maximum absolute atomic E-state index is 12.7. The van der Waals surface area contributed by atoms with Gasteiger partial charge in [0.25, 0.3) is 5.91 Å².